The Kier molecular flexibility index (Phi) is 3.84. The maximum atomic E-state index is 13.4. The largest absolute Gasteiger partial charge is 0.497 e. The summed E-state index contributed by atoms with van der Waals surface area (Å²) in [7, 11) is 1.60. The molecule has 108 valence electrons. The SMILES string of the molecule is COc1ccc(N2C(=O)CS[C@@H]2c2cccc(F)c2)cc1. The van der Waals surface area contributed by atoms with Gasteiger partial charge < -0.3 is 4.74 Å². The van der Waals surface area contributed by atoms with E-state index in [2.05, 4.69) is 0 Å². The van der Waals surface area contributed by atoms with Crippen molar-refractivity contribution < 1.29 is 13.9 Å². The minimum Gasteiger partial charge on any atom is -0.497 e. The lowest BCUT2D eigenvalue weighted by molar-refractivity contribution is -0.115. The summed E-state index contributed by atoms with van der Waals surface area (Å²) in [6.07, 6.45) is 0. The summed E-state index contributed by atoms with van der Waals surface area (Å²) in [4.78, 5) is 13.9. The lowest BCUT2D eigenvalue weighted by atomic mass is 10.2. The van der Waals surface area contributed by atoms with E-state index in [0.29, 0.717) is 5.75 Å². The molecule has 1 amide bonds. The average Bonchev–Trinajstić information content (AvgIpc) is 2.89. The minimum atomic E-state index is -0.290. The number of anilines is 1. The van der Waals surface area contributed by atoms with E-state index in [1.54, 1.807) is 18.1 Å². The number of halogens is 1. The van der Waals surface area contributed by atoms with Crippen molar-refractivity contribution in [2.24, 2.45) is 0 Å². The number of amides is 1. The zero-order chi connectivity index (χ0) is 14.8. The van der Waals surface area contributed by atoms with E-state index >= 15 is 0 Å². The summed E-state index contributed by atoms with van der Waals surface area (Å²) in [5.41, 5.74) is 1.58. The van der Waals surface area contributed by atoms with Crippen LogP contribution in [0.4, 0.5) is 10.1 Å². The van der Waals surface area contributed by atoms with Crippen LogP contribution in [0.2, 0.25) is 0 Å². The van der Waals surface area contributed by atoms with Crippen LogP contribution in [0.1, 0.15) is 10.9 Å². The number of nitrogens with zero attached hydrogens (tertiary/aromatic N) is 1. The predicted molar refractivity (Wildman–Crippen MR) is 82.1 cm³/mol. The summed E-state index contributed by atoms with van der Waals surface area (Å²) in [6, 6.07) is 13.7. The molecule has 1 fully saturated rings. The topological polar surface area (TPSA) is 29.5 Å². The van der Waals surface area contributed by atoms with Crippen LogP contribution >= 0.6 is 11.8 Å². The second-order valence-corrected chi connectivity index (χ2v) is 5.75. The third kappa shape index (κ3) is 2.74. The van der Waals surface area contributed by atoms with E-state index in [4.69, 9.17) is 4.74 Å². The average molecular weight is 303 g/mol. The number of carbonyl (C=O) groups is 1. The van der Waals surface area contributed by atoms with Gasteiger partial charge in [0, 0.05) is 5.69 Å². The Morgan fingerprint density at radius 2 is 2.00 bits per heavy atom. The maximum Gasteiger partial charge on any atom is 0.238 e. The van der Waals surface area contributed by atoms with Crippen molar-refractivity contribution in [1.29, 1.82) is 0 Å². The van der Waals surface area contributed by atoms with Crippen molar-refractivity contribution in [3.63, 3.8) is 0 Å². The summed E-state index contributed by atoms with van der Waals surface area (Å²) in [5.74, 6) is 0.870. The first-order valence-electron chi connectivity index (χ1n) is 6.52. The van der Waals surface area contributed by atoms with E-state index in [1.165, 1.54) is 23.9 Å². The second-order valence-electron chi connectivity index (χ2n) is 4.68. The fourth-order valence-electron chi connectivity index (χ4n) is 2.35. The molecule has 1 saturated heterocycles. The van der Waals surface area contributed by atoms with Gasteiger partial charge >= 0.3 is 0 Å². The normalized spacial score (nSPS) is 18.1. The number of ether oxygens (including phenoxy) is 1. The molecule has 3 rings (SSSR count). The summed E-state index contributed by atoms with van der Waals surface area (Å²) < 4.78 is 18.5. The van der Waals surface area contributed by atoms with E-state index in [1.807, 2.05) is 30.3 Å². The fraction of sp³-hybridized carbons (Fsp3) is 0.188. The molecule has 1 heterocycles. The Labute approximate surface area is 126 Å². The molecule has 0 bridgehead atoms. The molecule has 2 aromatic carbocycles. The Morgan fingerprint density at radius 3 is 2.67 bits per heavy atom. The van der Waals surface area contributed by atoms with Crippen LogP contribution < -0.4 is 9.64 Å². The third-order valence-electron chi connectivity index (χ3n) is 3.35. The van der Waals surface area contributed by atoms with Gasteiger partial charge in [0.25, 0.3) is 0 Å². The number of thioether (sulfide) groups is 1. The summed E-state index contributed by atoms with van der Waals surface area (Å²) >= 11 is 1.50. The zero-order valence-corrected chi connectivity index (χ0v) is 12.3. The van der Waals surface area contributed by atoms with Gasteiger partial charge in [-0.25, -0.2) is 4.39 Å². The molecule has 0 unspecified atom stereocenters. The molecule has 3 nitrogen and oxygen atoms in total. The quantitative estimate of drug-likeness (QED) is 0.867. The fourth-order valence-corrected chi connectivity index (χ4v) is 3.52. The van der Waals surface area contributed by atoms with Crippen molar-refractivity contribution in [2.75, 3.05) is 17.8 Å². The van der Waals surface area contributed by atoms with Crippen LogP contribution in [-0.2, 0) is 4.79 Å². The Balaban J connectivity index is 1.95. The number of hydrogen-bond acceptors (Lipinski definition) is 3. The Morgan fingerprint density at radius 1 is 1.24 bits per heavy atom. The Hall–Kier alpha value is -2.01. The van der Waals surface area contributed by atoms with E-state index in [0.717, 1.165) is 17.0 Å². The molecule has 5 heteroatoms. The first kappa shape index (κ1) is 13.9. The number of benzene rings is 2. The second kappa shape index (κ2) is 5.77. The highest BCUT2D eigenvalue weighted by atomic mass is 32.2. The first-order chi connectivity index (χ1) is 10.2. The van der Waals surface area contributed by atoms with Crippen LogP contribution in [-0.4, -0.2) is 18.8 Å². The molecular formula is C16H14FNO2S. The molecule has 0 aliphatic carbocycles. The number of rotatable bonds is 3. The van der Waals surface area contributed by atoms with E-state index in [-0.39, 0.29) is 17.1 Å². The third-order valence-corrected chi connectivity index (χ3v) is 4.56. The first-order valence-corrected chi connectivity index (χ1v) is 7.57. The van der Waals surface area contributed by atoms with Crippen molar-refractivity contribution in [2.45, 2.75) is 5.37 Å². The van der Waals surface area contributed by atoms with Crippen LogP contribution in [0.15, 0.2) is 48.5 Å². The van der Waals surface area contributed by atoms with Crippen LogP contribution in [0.3, 0.4) is 0 Å². The van der Waals surface area contributed by atoms with Crippen molar-refractivity contribution in [3.05, 3.63) is 59.9 Å². The predicted octanol–water partition coefficient (Wildman–Crippen LogP) is 3.61. The molecule has 0 saturated carbocycles. The molecule has 0 radical (unpaired) electrons. The smallest absolute Gasteiger partial charge is 0.238 e. The van der Waals surface area contributed by atoms with Crippen molar-refractivity contribution >= 4 is 23.4 Å². The number of hydrogen-bond donors (Lipinski definition) is 0. The monoisotopic (exact) mass is 303 g/mol. The molecular weight excluding hydrogens is 289 g/mol. The van der Waals surface area contributed by atoms with Crippen LogP contribution in [0.5, 0.6) is 5.75 Å². The molecule has 2 aromatic rings. The minimum absolute atomic E-state index is 0.0272. The number of methoxy groups -OCH3 is 1. The molecule has 1 aliphatic rings. The van der Waals surface area contributed by atoms with Crippen LogP contribution in [0.25, 0.3) is 0 Å². The van der Waals surface area contributed by atoms with Crippen molar-refractivity contribution in [1.82, 2.24) is 0 Å². The molecule has 0 aromatic heterocycles. The maximum absolute atomic E-state index is 13.4. The van der Waals surface area contributed by atoms with Gasteiger partial charge in [-0.1, -0.05) is 12.1 Å². The van der Waals surface area contributed by atoms with Crippen molar-refractivity contribution in [3.8, 4) is 5.75 Å². The highest BCUT2D eigenvalue weighted by molar-refractivity contribution is 8.00. The van der Waals surface area contributed by atoms with Gasteiger partial charge in [0.05, 0.1) is 12.9 Å². The summed E-state index contributed by atoms with van der Waals surface area (Å²) in [6.45, 7) is 0. The highest BCUT2D eigenvalue weighted by Gasteiger charge is 2.34. The molecule has 0 spiro atoms. The summed E-state index contributed by atoms with van der Waals surface area (Å²) in [5, 5.41) is -0.193. The molecule has 0 N–H and O–H groups in total. The van der Waals surface area contributed by atoms with E-state index < -0.39 is 0 Å². The lowest BCUT2D eigenvalue weighted by Crippen LogP contribution is -2.27. The van der Waals surface area contributed by atoms with Gasteiger partial charge in [0.2, 0.25) is 5.91 Å². The van der Waals surface area contributed by atoms with Gasteiger partial charge in [-0.2, -0.15) is 0 Å². The zero-order valence-electron chi connectivity index (χ0n) is 11.5. The van der Waals surface area contributed by atoms with E-state index in [9.17, 15) is 9.18 Å². The van der Waals surface area contributed by atoms with Gasteiger partial charge in [-0.3, -0.25) is 9.69 Å². The van der Waals surface area contributed by atoms with Crippen LogP contribution in [0, 0.1) is 5.82 Å². The standard InChI is InChI=1S/C16H14FNO2S/c1-20-14-7-5-13(6-8-14)18-15(19)10-21-16(18)11-3-2-4-12(17)9-11/h2-9,16H,10H2,1H3/t16-/m1/s1. The highest BCUT2D eigenvalue weighted by Crippen LogP contribution is 2.42. The lowest BCUT2D eigenvalue weighted by Gasteiger charge is -2.24. The molecule has 1 atom stereocenters. The molecule has 21 heavy (non-hydrogen) atoms. The van der Waals surface area contributed by atoms with Gasteiger partial charge in [0.1, 0.15) is 16.9 Å². The van der Waals surface area contributed by atoms with Gasteiger partial charge in [-0.05, 0) is 42.0 Å². The number of carbonyl (C=O) groups excluding carboxylic acids is 1. The Bertz CT molecular complexity index is 660. The van der Waals surface area contributed by atoms with Gasteiger partial charge in [-0.15, -0.1) is 11.8 Å². The van der Waals surface area contributed by atoms with Gasteiger partial charge in [0.15, 0.2) is 0 Å². The molecule has 1 aliphatic heterocycles.